The Balaban J connectivity index is 2.08. The van der Waals surface area contributed by atoms with Gasteiger partial charge in [-0.1, -0.05) is 51.3 Å². The lowest BCUT2D eigenvalue weighted by Crippen LogP contribution is -1.99. The topological polar surface area (TPSA) is 52.1 Å². The lowest BCUT2D eigenvalue weighted by molar-refractivity contribution is 0.0605. The van der Waals surface area contributed by atoms with E-state index in [1.165, 1.54) is 18.4 Å². The summed E-state index contributed by atoms with van der Waals surface area (Å²) in [4.78, 5) is 21.6. The average Bonchev–Trinajstić information content (AvgIpc) is 2.93. The Hall–Kier alpha value is -1.47. The summed E-state index contributed by atoms with van der Waals surface area (Å²) in [6.07, 6.45) is 1.76. The molecule has 3 aromatic rings. The molecule has 4 nitrogen and oxygen atoms in total. The molecule has 128 valence electrons. The van der Waals surface area contributed by atoms with E-state index in [2.05, 4.69) is 25.9 Å². The number of carbonyl (C=O) groups is 1. The number of carbonyl (C=O) groups excluding carboxylic acids is 1. The minimum absolute atomic E-state index is 0.256. The van der Waals surface area contributed by atoms with Crippen molar-refractivity contribution in [2.24, 2.45) is 0 Å². The van der Waals surface area contributed by atoms with Crippen molar-refractivity contribution in [1.29, 1.82) is 0 Å². The summed E-state index contributed by atoms with van der Waals surface area (Å²) in [6, 6.07) is 7.66. The number of esters is 1. The zero-order valence-electron chi connectivity index (χ0n) is 13.1. The second-order valence-corrected chi connectivity index (χ2v) is 7.79. The molecule has 0 aliphatic carbocycles. The van der Waals surface area contributed by atoms with Gasteiger partial charge in [0.2, 0.25) is 0 Å². The molecule has 0 saturated heterocycles. The number of hydrogen-bond acceptors (Lipinski definition) is 5. The van der Waals surface area contributed by atoms with Crippen molar-refractivity contribution >= 4 is 77.8 Å². The van der Waals surface area contributed by atoms with Gasteiger partial charge in [-0.15, -0.1) is 11.3 Å². The normalized spacial score (nSPS) is 11.8. The van der Waals surface area contributed by atoms with E-state index in [0.29, 0.717) is 31.5 Å². The number of benzene rings is 1. The summed E-state index contributed by atoms with van der Waals surface area (Å²) < 4.78 is 5.77. The van der Waals surface area contributed by atoms with E-state index in [-0.39, 0.29) is 5.15 Å². The van der Waals surface area contributed by atoms with E-state index in [0.717, 1.165) is 10.0 Å². The smallest absolute Gasteiger partial charge is 0.348 e. The van der Waals surface area contributed by atoms with Crippen molar-refractivity contribution in [2.45, 2.75) is 6.92 Å². The van der Waals surface area contributed by atoms with Gasteiger partial charge < -0.3 is 4.74 Å². The minimum atomic E-state index is -0.422. The number of rotatable bonds is 3. The first kappa shape index (κ1) is 18.3. The molecule has 0 aliphatic rings. The molecule has 0 saturated carbocycles. The Morgan fingerprint density at radius 2 is 1.96 bits per heavy atom. The third-order valence-corrected chi connectivity index (χ3v) is 5.74. The highest BCUT2D eigenvalue weighted by Crippen LogP contribution is 2.35. The molecule has 3 rings (SSSR count). The Morgan fingerprint density at radius 3 is 2.60 bits per heavy atom. The molecular formula is C17H11BrCl2N2O2S. The Bertz CT molecular complexity index is 1000. The minimum Gasteiger partial charge on any atom is -0.465 e. The first-order valence-corrected chi connectivity index (χ1v) is 9.45. The van der Waals surface area contributed by atoms with Crippen LogP contribution in [0, 0.1) is 6.92 Å². The van der Waals surface area contributed by atoms with E-state index < -0.39 is 5.97 Å². The molecule has 0 atom stereocenters. The standard InChI is InChI=1S/C17H11BrCl2N2O2S/c1-8-12-14(20)21-15(22-16(12)25-13(8)17(23)24-2)11(19)7-9-3-5-10(18)6-4-9/h3-7H,1-2H3. The molecule has 0 unspecified atom stereocenters. The Labute approximate surface area is 166 Å². The van der Waals surface area contributed by atoms with Gasteiger partial charge in [0.25, 0.3) is 0 Å². The molecule has 2 aromatic heterocycles. The maximum Gasteiger partial charge on any atom is 0.348 e. The van der Waals surface area contributed by atoms with Crippen LogP contribution in [0.1, 0.15) is 26.6 Å². The van der Waals surface area contributed by atoms with Crippen LogP contribution in [0.3, 0.4) is 0 Å². The summed E-state index contributed by atoms with van der Waals surface area (Å²) in [7, 11) is 1.34. The van der Waals surface area contributed by atoms with Gasteiger partial charge in [-0.3, -0.25) is 0 Å². The molecule has 0 aliphatic heterocycles. The van der Waals surface area contributed by atoms with Gasteiger partial charge in [0.1, 0.15) is 14.9 Å². The predicted octanol–water partition coefficient (Wildman–Crippen LogP) is 5.94. The molecule has 0 fully saturated rings. The third-order valence-electron chi connectivity index (χ3n) is 3.49. The van der Waals surface area contributed by atoms with Gasteiger partial charge in [0.15, 0.2) is 5.82 Å². The highest BCUT2D eigenvalue weighted by Gasteiger charge is 2.20. The van der Waals surface area contributed by atoms with Crippen LogP contribution in [0.4, 0.5) is 0 Å². The maximum absolute atomic E-state index is 11.9. The van der Waals surface area contributed by atoms with Crippen molar-refractivity contribution in [2.75, 3.05) is 7.11 Å². The van der Waals surface area contributed by atoms with Gasteiger partial charge >= 0.3 is 5.97 Å². The molecular weight excluding hydrogens is 447 g/mol. The van der Waals surface area contributed by atoms with Gasteiger partial charge in [-0.25, -0.2) is 14.8 Å². The predicted molar refractivity (Wildman–Crippen MR) is 106 cm³/mol. The number of aryl methyl sites for hydroxylation is 1. The average molecular weight is 458 g/mol. The Kier molecular flexibility index (Phi) is 5.43. The summed E-state index contributed by atoms with van der Waals surface area (Å²) in [5, 5.41) is 1.26. The fourth-order valence-electron chi connectivity index (χ4n) is 2.25. The molecule has 0 amide bonds. The lowest BCUT2D eigenvalue weighted by Gasteiger charge is -2.02. The van der Waals surface area contributed by atoms with Crippen molar-refractivity contribution in [3.8, 4) is 0 Å². The second kappa shape index (κ2) is 7.41. The summed E-state index contributed by atoms with van der Waals surface area (Å²) in [5.41, 5.74) is 1.61. The zero-order valence-corrected chi connectivity index (χ0v) is 17.1. The van der Waals surface area contributed by atoms with Gasteiger partial charge in [-0.05, 0) is 36.3 Å². The number of nitrogens with zero attached hydrogens (tertiary/aromatic N) is 2. The van der Waals surface area contributed by atoms with Crippen LogP contribution in [0.2, 0.25) is 5.15 Å². The van der Waals surface area contributed by atoms with E-state index in [1.54, 1.807) is 13.0 Å². The van der Waals surface area contributed by atoms with Crippen LogP contribution in [0.15, 0.2) is 28.7 Å². The van der Waals surface area contributed by atoms with Crippen molar-refractivity contribution in [3.05, 3.63) is 55.7 Å². The monoisotopic (exact) mass is 456 g/mol. The number of hydrogen-bond donors (Lipinski definition) is 0. The first-order valence-electron chi connectivity index (χ1n) is 7.08. The lowest BCUT2D eigenvalue weighted by atomic mass is 10.2. The molecule has 0 spiro atoms. The number of halogens is 3. The summed E-state index contributed by atoms with van der Waals surface area (Å²) in [5.74, 6) is -0.116. The van der Waals surface area contributed by atoms with Crippen LogP contribution >= 0.6 is 50.5 Å². The highest BCUT2D eigenvalue weighted by atomic mass is 79.9. The van der Waals surface area contributed by atoms with Crippen molar-refractivity contribution < 1.29 is 9.53 Å². The molecule has 0 N–H and O–H groups in total. The molecule has 25 heavy (non-hydrogen) atoms. The maximum atomic E-state index is 11.9. The number of aromatic nitrogens is 2. The number of ether oxygens (including phenoxy) is 1. The van der Waals surface area contributed by atoms with E-state index in [1.807, 2.05) is 24.3 Å². The van der Waals surface area contributed by atoms with Crippen LogP contribution in [0.25, 0.3) is 21.3 Å². The van der Waals surface area contributed by atoms with E-state index in [4.69, 9.17) is 27.9 Å². The van der Waals surface area contributed by atoms with Crippen LogP contribution in [-0.2, 0) is 4.74 Å². The molecule has 0 radical (unpaired) electrons. The SMILES string of the molecule is COC(=O)c1sc2nc(C(Cl)=Cc3ccc(Br)cc3)nc(Cl)c2c1C. The van der Waals surface area contributed by atoms with Crippen molar-refractivity contribution in [3.63, 3.8) is 0 Å². The van der Waals surface area contributed by atoms with Crippen LogP contribution in [-0.4, -0.2) is 23.0 Å². The third kappa shape index (κ3) is 3.72. The Morgan fingerprint density at radius 1 is 1.28 bits per heavy atom. The molecule has 2 heterocycles. The number of fused-ring (bicyclic) bond motifs is 1. The van der Waals surface area contributed by atoms with Gasteiger partial charge in [0.05, 0.1) is 17.5 Å². The van der Waals surface area contributed by atoms with Crippen LogP contribution < -0.4 is 0 Å². The number of thiophene rings is 1. The van der Waals surface area contributed by atoms with E-state index >= 15 is 0 Å². The fourth-order valence-corrected chi connectivity index (χ4v) is 4.20. The zero-order chi connectivity index (χ0) is 18.1. The first-order chi connectivity index (χ1) is 11.9. The highest BCUT2D eigenvalue weighted by molar-refractivity contribution is 9.10. The quantitative estimate of drug-likeness (QED) is 0.360. The van der Waals surface area contributed by atoms with Crippen LogP contribution in [0.5, 0.6) is 0 Å². The number of methoxy groups -OCH3 is 1. The molecule has 1 aromatic carbocycles. The summed E-state index contributed by atoms with van der Waals surface area (Å²) in [6.45, 7) is 1.79. The van der Waals surface area contributed by atoms with E-state index in [9.17, 15) is 4.79 Å². The fraction of sp³-hybridized carbons (Fsp3) is 0.118. The van der Waals surface area contributed by atoms with Gasteiger partial charge in [-0.2, -0.15) is 0 Å². The second-order valence-electron chi connectivity index (χ2n) is 5.11. The van der Waals surface area contributed by atoms with Crippen molar-refractivity contribution in [1.82, 2.24) is 9.97 Å². The summed E-state index contributed by atoms with van der Waals surface area (Å²) >= 11 is 17.3. The largest absolute Gasteiger partial charge is 0.465 e. The molecule has 8 heteroatoms. The van der Waals surface area contributed by atoms with Gasteiger partial charge in [0, 0.05) is 4.47 Å². The molecule has 0 bridgehead atoms.